The Morgan fingerprint density at radius 1 is 0.844 bits per heavy atom. The zero-order valence-electron chi connectivity index (χ0n) is 21.0. The van der Waals surface area contributed by atoms with Crippen LogP contribution in [0.25, 0.3) is 0 Å². The second kappa shape index (κ2) is 14.2. The van der Waals surface area contributed by atoms with Crippen LogP contribution in [0, 0.1) is 0 Å². The lowest BCUT2D eigenvalue weighted by atomic mass is 10.1. The van der Waals surface area contributed by atoms with Gasteiger partial charge in [-0.25, -0.2) is 0 Å². The van der Waals surface area contributed by atoms with Gasteiger partial charge in [0.05, 0.1) is 6.61 Å². The van der Waals surface area contributed by atoms with E-state index in [-0.39, 0.29) is 24.6 Å². The molecule has 3 fully saturated rings. The number of nitrogens with zero attached hydrogens (tertiary/aromatic N) is 1. The molecule has 3 aliphatic heterocycles. The van der Waals surface area contributed by atoms with Crippen molar-refractivity contribution in [2.45, 2.75) is 128 Å². The number of hydrogen-bond donors (Lipinski definition) is 0. The molecule has 0 aromatic heterocycles. The highest BCUT2D eigenvalue weighted by Gasteiger charge is 2.55. The number of piperidine rings is 1. The summed E-state index contributed by atoms with van der Waals surface area (Å²) in [5.74, 6) is -0.615. The van der Waals surface area contributed by atoms with Crippen molar-refractivity contribution in [2.75, 3.05) is 39.5 Å². The van der Waals surface area contributed by atoms with Gasteiger partial charge >= 0.3 is 0 Å². The number of likely N-dealkylation sites (tertiary alicyclic amines) is 1. The number of ether oxygens (including phenoxy) is 5. The molecular weight excluding hydrogens is 406 g/mol. The van der Waals surface area contributed by atoms with Crippen molar-refractivity contribution in [1.29, 1.82) is 0 Å². The zero-order valence-corrected chi connectivity index (χ0v) is 21.0. The lowest BCUT2D eigenvalue weighted by Crippen LogP contribution is -2.39. The van der Waals surface area contributed by atoms with Gasteiger partial charge in [0.1, 0.15) is 18.3 Å². The highest BCUT2D eigenvalue weighted by Crippen LogP contribution is 2.38. The largest absolute Gasteiger partial charge is 0.379 e. The van der Waals surface area contributed by atoms with Gasteiger partial charge in [-0.1, -0.05) is 58.3 Å². The van der Waals surface area contributed by atoms with Crippen LogP contribution < -0.4 is 0 Å². The summed E-state index contributed by atoms with van der Waals surface area (Å²) in [5.41, 5.74) is 0. The number of rotatable bonds is 16. The van der Waals surface area contributed by atoms with Crippen LogP contribution in [0.5, 0.6) is 0 Å². The third-order valence-electron chi connectivity index (χ3n) is 6.89. The third-order valence-corrected chi connectivity index (χ3v) is 6.89. The predicted octanol–water partition coefficient (Wildman–Crippen LogP) is 5.28. The molecule has 0 unspecified atom stereocenters. The summed E-state index contributed by atoms with van der Waals surface area (Å²) >= 11 is 0. The second-order valence-electron chi connectivity index (χ2n) is 10.3. The van der Waals surface area contributed by atoms with Crippen molar-refractivity contribution in [1.82, 2.24) is 4.90 Å². The Morgan fingerprint density at radius 2 is 1.56 bits per heavy atom. The monoisotopic (exact) mass is 455 g/mol. The first-order valence-electron chi connectivity index (χ1n) is 13.5. The molecule has 0 aromatic rings. The predicted molar refractivity (Wildman–Crippen MR) is 127 cm³/mol. The fourth-order valence-electron chi connectivity index (χ4n) is 5.11. The van der Waals surface area contributed by atoms with Gasteiger partial charge in [0.25, 0.3) is 0 Å². The van der Waals surface area contributed by atoms with Crippen molar-refractivity contribution >= 4 is 0 Å². The summed E-state index contributed by atoms with van der Waals surface area (Å²) in [6.45, 7) is 11.8. The Bertz CT molecular complexity index is 497. The van der Waals surface area contributed by atoms with Crippen LogP contribution in [0.15, 0.2) is 0 Å². The van der Waals surface area contributed by atoms with E-state index in [1.54, 1.807) is 0 Å². The van der Waals surface area contributed by atoms with Gasteiger partial charge in [0, 0.05) is 19.8 Å². The van der Waals surface area contributed by atoms with Crippen LogP contribution in [0.4, 0.5) is 0 Å². The minimum Gasteiger partial charge on any atom is -0.379 e. The standard InChI is InChI=1S/C26H49NO5/c1-4-5-6-7-8-9-10-14-20-29-23-22(30-25-24(23)31-26(2,3)32-25)21-28-19-15-18-27-16-12-11-13-17-27/h22-25H,4-21H2,1-3H3/t22-,23+,24-,25-/m1/s1. The van der Waals surface area contributed by atoms with Crippen LogP contribution in [0.1, 0.15) is 97.8 Å². The van der Waals surface area contributed by atoms with Crippen molar-refractivity contribution < 1.29 is 23.7 Å². The maximum Gasteiger partial charge on any atom is 0.190 e. The maximum atomic E-state index is 6.30. The molecule has 0 amide bonds. The van der Waals surface area contributed by atoms with Crippen molar-refractivity contribution in [2.24, 2.45) is 0 Å². The summed E-state index contributed by atoms with van der Waals surface area (Å²) in [7, 11) is 0. The maximum absolute atomic E-state index is 6.30. The average molecular weight is 456 g/mol. The van der Waals surface area contributed by atoms with E-state index in [0.29, 0.717) is 6.61 Å². The Kier molecular flexibility index (Phi) is 11.7. The van der Waals surface area contributed by atoms with Gasteiger partial charge in [-0.15, -0.1) is 0 Å². The first-order valence-corrected chi connectivity index (χ1v) is 13.5. The molecule has 6 heteroatoms. The summed E-state index contributed by atoms with van der Waals surface area (Å²) < 4.78 is 30.5. The summed E-state index contributed by atoms with van der Waals surface area (Å²) in [4.78, 5) is 2.56. The minimum atomic E-state index is -0.615. The average Bonchev–Trinajstić information content (AvgIpc) is 3.24. The van der Waals surface area contributed by atoms with Crippen molar-refractivity contribution in [3.05, 3.63) is 0 Å². The molecule has 4 atom stereocenters. The molecule has 0 aliphatic carbocycles. The Hall–Kier alpha value is -0.240. The summed E-state index contributed by atoms with van der Waals surface area (Å²) in [6, 6.07) is 0. The van der Waals surface area contributed by atoms with Crippen molar-refractivity contribution in [3.8, 4) is 0 Å². The van der Waals surface area contributed by atoms with E-state index in [9.17, 15) is 0 Å². The fraction of sp³-hybridized carbons (Fsp3) is 1.00. The van der Waals surface area contributed by atoms with Gasteiger partial charge in [-0.05, 0) is 52.6 Å². The van der Waals surface area contributed by atoms with Gasteiger partial charge in [-0.2, -0.15) is 0 Å². The second-order valence-corrected chi connectivity index (χ2v) is 10.3. The minimum absolute atomic E-state index is 0.117. The molecule has 0 radical (unpaired) electrons. The number of hydrogen-bond acceptors (Lipinski definition) is 6. The summed E-state index contributed by atoms with van der Waals surface area (Å²) in [6.07, 6.45) is 14.8. The molecule has 0 spiro atoms. The Labute approximate surface area is 196 Å². The highest BCUT2D eigenvalue weighted by atomic mass is 16.8. The van der Waals surface area contributed by atoms with Crippen LogP contribution in [0.2, 0.25) is 0 Å². The lowest BCUT2D eigenvalue weighted by molar-refractivity contribution is -0.223. The van der Waals surface area contributed by atoms with E-state index in [1.165, 1.54) is 77.3 Å². The fourth-order valence-corrected chi connectivity index (χ4v) is 5.11. The van der Waals surface area contributed by atoms with Crippen LogP contribution in [-0.2, 0) is 23.7 Å². The molecular formula is C26H49NO5. The molecule has 32 heavy (non-hydrogen) atoms. The van der Waals surface area contributed by atoms with E-state index < -0.39 is 5.79 Å². The Balaban J connectivity index is 1.32. The highest BCUT2D eigenvalue weighted by molar-refractivity contribution is 4.94. The molecule has 6 nitrogen and oxygen atoms in total. The first kappa shape index (κ1) is 26.4. The molecule has 3 aliphatic rings. The zero-order chi connectivity index (χ0) is 22.7. The van der Waals surface area contributed by atoms with Gasteiger partial charge in [0.2, 0.25) is 0 Å². The van der Waals surface area contributed by atoms with E-state index in [2.05, 4.69) is 11.8 Å². The molecule has 3 saturated heterocycles. The van der Waals surface area contributed by atoms with E-state index >= 15 is 0 Å². The van der Waals surface area contributed by atoms with Crippen molar-refractivity contribution in [3.63, 3.8) is 0 Å². The molecule has 3 rings (SSSR count). The smallest absolute Gasteiger partial charge is 0.190 e. The normalized spacial score (nSPS) is 30.1. The molecule has 0 saturated carbocycles. The molecule has 0 N–H and O–H groups in total. The molecule has 3 heterocycles. The van der Waals surface area contributed by atoms with Gasteiger partial charge < -0.3 is 28.6 Å². The number of unbranched alkanes of at least 4 members (excludes halogenated alkanes) is 7. The first-order chi connectivity index (χ1) is 15.6. The van der Waals surface area contributed by atoms with E-state index in [1.807, 2.05) is 13.8 Å². The third kappa shape index (κ3) is 8.84. The molecule has 0 aromatic carbocycles. The van der Waals surface area contributed by atoms with Crippen LogP contribution >= 0.6 is 0 Å². The van der Waals surface area contributed by atoms with E-state index in [0.717, 1.165) is 32.6 Å². The van der Waals surface area contributed by atoms with Crippen LogP contribution in [0.3, 0.4) is 0 Å². The number of fused-ring (bicyclic) bond motifs is 1. The van der Waals surface area contributed by atoms with E-state index in [4.69, 9.17) is 23.7 Å². The molecule has 188 valence electrons. The lowest BCUT2D eigenvalue weighted by Gasteiger charge is -2.27. The summed E-state index contributed by atoms with van der Waals surface area (Å²) in [5, 5.41) is 0. The Morgan fingerprint density at radius 3 is 2.31 bits per heavy atom. The quantitative estimate of drug-likeness (QED) is 0.295. The van der Waals surface area contributed by atoms with Gasteiger partial charge in [-0.3, -0.25) is 0 Å². The van der Waals surface area contributed by atoms with Crippen LogP contribution in [-0.4, -0.2) is 74.7 Å². The molecule has 0 bridgehead atoms. The topological polar surface area (TPSA) is 49.4 Å². The SMILES string of the molecule is CCCCCCCCCCO[C@@H]1[C@H]2OC(C)(C)O[C@H]2O[C@@H]1COCCCN1CCCCC1. The van der Waals surface area contributed by atoms with Gasteiger partial charge in [0.15, 0.2) is 12.1 Å².